The Morgan fingerprint density at radius 3 is 3.00 bits per heavy atom. The Labute approximate surface area is 140 Å². The van der Waals surface area contributed by atoms with Gasteiger partial charge in [-0.15, -0.1) is 0 Å². The molecule has 2 rings (SSSR count). The van der Waals surface area contributed by atoms with Crippen LogP contribution >= 0.6 is 0 Å². The summed E-state index contributed by atoms with van der Waals surface area (Å²) in [6, 6.07) is 8.24. The lowest BCUT2D eigenvalue weighted by Gasteiger charge is -2.34. The standard InChI is InChI=1S/C19H30N2O2/c1-15-7-5-9-18(13-15)23-12-4-3-10-19(22)21-11-6-8-17(14-21)16(2)20/h5,7,9,13,16-17H,3-4,6,8,10-12,14,20H2,1-2H3. The van der Waals surface area contributed by atoms with Gasteiger partial charge in [0.1, 0.15) is 5.75 Å². The highest BCUT2D eigenvalue weighted by Gasteiger charge is 2.25. The largest absolute Gasteiger partial charge is 0.494 e. The number of amides is 1. The number of carbonyl (C=O) groups is 1. The fourth-order valence-corrected chi connectivity index (χ4v) is 3.10. The smallest absolute Gasteiger partial charge is 0.222 e. The number of ether oxygens (including phenoxy) is 1. The molecule has 1 saturated heterocycles. The lowest BCUT2D eigenvalue weighted by molar-refractivity contribution is -0.133. The number of hydrogen-bond acceptors (Lipinski definition) is 3. The molecule has 1 heterocycles. The van der Waals surface area contributed by atoms with Crippen molar-refractivity contribution in [3.05, 3.63) is 29.8 Å². The van der Waals surface area contributed by atoms with E-state index in [1.807, 2.05) is 30.0 Å². The van der Waals surface area contributed by atoms with Gasteiger partial charge in [0, 0.05) is 25.6 Å². The molecule has 2 unspecified atom stereocenters. The molecule has 0 saturated carbocycles. The van der Waals surface area contributed by atoms with Crippen LogP contribution in [0.15, 0.2) is 24.3 Å². The molecular weight excluding hydrogens is 288 g/mol. The van der Waals surface area contributed by atoms with E-state index in [1.165, 1.54) is 5.56 Å². The summed E-state index contributed by atoms with van der Waals surface area (Å²) in [7, 11) is 0. The molecule has 0 spiro atoms. The average molecular weight is 318 g/mol. The number of nitrogens with zero attached hydrogens (tertiary/aromatic N) is 1. The molecule has 0 radical (unpaired) electrons. The minimum Gasteiger partial charge on any atom is -0.494 e. The van der Waals surface area contributed by atoms with Crippen molar-refractivity contribution in [2.75, 3.05) is 19.7 Å². The van der Waals surface area contributed by atoms with Crippen LogP contribution in [0.5, 0.6) is 5.75 Å². The zero-order chi connectivity index (χ0) is 16.7. The number of benzene rings is 1. The first kappa shape index (κ1) is 17.8. The van der Waals surface area contributed by atoms with E-state index in [0.29, 0.717) is 18.9 Å². The normalized spacial score (nSPS) is 19.4. The summed E-state index contributed by atoms with van der Waals surface area (Å²) in [5, 5.41) is 0. The van der Waals surface area contributed by atoms with E-state index in [1.54, 1.807) is 0 Å². The van der Waals surface area contributed by atoms with Gasteiger partial charge in [-0.3, -0.25) is 4.79 Å². The summed E-state index contributed by atoms with van der Waals surface area (Å²) in [6.45, 7) is 6.48. The van der Waals surface area contributed by atoms with E-state index in [0.717, 1.165) is 44.5 Å². The van der Waals surface area contributed by atoms with Crippen LogP contribution in [0.1, 0.15) is 44.6 Å². The quantitative estimate of drug-likeness (QED) is 0.786. The highest BCUT2D eigenvalue weighted by atomic mass is 16.5. The van der Waals surface area contributed by atoms with Gasteiger partial charge in [0.2, 0.25) is 5.91 Å². The van der Waals surface area contributed by atoms with Crippen molar-refractivity contribution in [1.82, 2.24) is 4.90 Å². The number of nitrogens with two attached hydrogens (primary N) is 1. The Morgan fingerprint density at radius 1 is 1.43 bits per heavy atom. The van der Waals surface area contributed by atoms with Crippen molar-refractivity contribution in [2.45, 2.75) is 52.0 Å². The molecule has 4 heteroatoms. The van der Waals surface area contributed by atoms with E-state index >= 15 is 0 Å². The van der Waals surface area contributed by atoms with Crippen LogP contribution in [-0.2, 0) is 4.79 Å². The summed E-state index contributed by atoms with van der Waals surface area (Å²) in [4.78, 5) is 14.3. The number of hydrogen-bond donors (Lipinski definition) is 1. The molecule has 4 nitrogen and oxygen atoms in total. The first-order valence-corrected chi connectivity index (χ1v) is 8.79. The van der Waals surface area contributed by atoms with Gasteiger partial charge in [0.05, 0.1) is 6.61 Å². The monoisotopic (exact) mass is 318 g/mol. The van der Waals surface area contributed by atoms with Crippen molar-refractivity contribution < 1.29 is 9.53 Å². The molecule has 0 aromatic heterocycles. The second kappa shape index (κ2) is 8.92. The van der Waals surface area contributed by atoms with Gasteiger partial charge in [-0.1, -0.05) is 12.1 Å². The Balaban J connectivity index is 1.63. The van der Waals surface area contributed by atoms with Gasteiger partial charge in [-0.2, -0.15) is 0 Å². The molecule has 2 N–H and O–H groups in total. The fourth-order valence-electron chi connectivity index (χ4n) is 3.10. The minimum absolute atomic E-state index is 0.174. The van der Waals surface area contributed by atoms with E-state index in [2.05, 4.69) is 13.0 Å². The Morgan fingerprint density at radius 2 is 2.26 bits per heavy atom. The van der Waals surface area contributed by atoms with Gasteiger partial charge < -0.3 is 15.4 Å². The molecule has 1 aliphatic heterocycles. The predicted octanol–water partition coefficient (Wildman–Crippen LogP) is 3.13. The van der Waals surface area contributed by atoms with Gasteiger partial charge in [0.25, 0.3) is 0 Å². The third-order valence-corrected chi connectivity index (χ3v) is 4.60. The summed E-state index contributed by atoms with van der Waals surface area (Å²) in [5.74, 6) is 1.63. The van der Waals surface area contributed by atoms with Crippen LogP contribution < -0.4 is 10.5 Å². The zero-order valence-electron chi connectivity index (χ0n) is 14.5. The van der Waals surface area contributed by atoms with Crippen LogP contribution in [-0.4, -0.2) is 36.5 Å². The van der Waals surface area contributed by atoms with Gasteiger partial charge in [-0.05, 0) is 63.1 Å². The molecule has 2 atom stereocenters. The maximum atomic E-state index is 12.3. The Kier molecular flexibility index (Phi) is 6.90. The molecule has 128 valence electrons. The number of likely N-dealkylation sites (tertiary alicyclic amines) is 1. The first-order chi connectivity index (χ1) is 11.1. The number of carbonyl (C=O) groups excluding carboxylic acids is 1. The zero-order valence-corrected chi connectivity index (χ0v) is 14.5. The van der Waals surface area contributed by atoms with Crippen LogP contribution in [0.4, 0.5) is 0 Å². The van der Waals surface area contributed by atoms with E-state index in [4.69, 9.17) is 10.5 Å². The van der Waals surface area contributed by atoms with E-state index in [-0.39, 0.29) is 11.9 Å². The third-order valence-electron chi connectivity index (χ3n) is 4.60. The summed E-state index contributed by atoms with van der Waals surface area (Å²) < 4.78 is 5.72. The number of rotatable bonds is 7. The Bertz CT molecular complexity index is 502. The summed E-state index contributed by atoms with van der Waals surface area (Å²) in [6.07, 6.45) is 4.62. The SMILES string of the molecule is Cc1cccc(OCCCCC(=O)N2CCCC(C(C)N)C2)c1. The number of piperidine rings is 1. The molecule has 1 aliphatic rings. The van der Waals surface area contributed by atoms with Crippen molar-refractivity contribution in [1.29, 1.82) is 0 Å². The van der Waals surface area contributed by atoms with Crippen LogP contribution in [0, 0.1) is 12.8 Å². The van der Waals surface area contributed by atoms with Gasteiger partial charge in [0.15, 0.2) is 0 Å². The molecule has 1 fully saturated rings. The first-order valence-electron chi connectivity index (χ1n) is 8.79. The van der Waals surface area contributed by atoms with Crippen molar-refractivity contribution >= 4 is 5.91 Å². The molecule has 0 aliphatic carbocycles. The summed E-state index contributed by atoms with van der Waals surface area (Å²) >= 11 is 0. The Hall–Kier alpha value is -1.55. The van der Waals surface area contributed by atoms with Crippen molar-refractivity contribution in [3.8, 4) is 5.75 Å². The third kappa shape index (κ3) is 5.87. The number of unbranched alkanes of at least 4 members (excludes halogenated alkanes) is 1. The van der Waals surface area contributed by atoms with Crippen molar-refractivity contribution in [2.24, 2.45) is 11.7 Å². The van der Waals surface area contributed by atoms with Crippen LogP contribution in [0.25, 0.3) is 0 Å². The second-order valence-corrected chi connectivity index (χ2v) is 6.72. The molecule has 1 aromatic rings. The van der Waals surface area contributed by atoms with Gasteiger partial charge >= 0.3 is 0 Å². The fraction of sp³-hybridized carbons (Fsp3) is 0.632. The second-order valence-electron chi connectivity index (χ2n) is 6.72. The molecule has 23 heavy (non-hydrogen) atoms. The van der Waals surface area contributed by atoms with E-state index in [9.17, 15) is 4.79 Å². The number of aryl methyl sites for hydroxylation is 1. The van der Waals surface area contributed by atoms with Crippen LogP contribution in [0.2, 0.25) is 0 Å². The summed E-state index contributed by atoms with van der Waals surface area (Å²) in [5.41, 5.74) is 7.18. The topological polar surface area (TPSA) is 55.6 Å². The molecule has 0 bridgehead atoms. The lowest BCUT2D eigenvalue weighted by atomic mass is 9.92. The van der Waals surface area contributed by atoms with Crippen molar-refractivity contribution in [3.63, 3.8) is 0 Å². The maximum Gasteiger partial charge on any atom is 0.222 e. The molecular formula is C19H30N2O2. The maximum absolute atomic E-state index is 12.3. The van der Waals surface area contributed by atoms with Gasteiger partial charge in [-0.25, -0.2) is 0 Å². The average Bonchev–Trinajstić information content (AvgIpc) is 2.54. The molecule has 1 amide bonds. The predicted molar refractivity (Wildman–Crippen MR) is 93.5 cm³/mol. The molecule has 1 aromatic carbocycles. The minimum atomic E-state index is 0.174. The highest BCUT2D eigenvalue weighted by molar-refractivity contribution is 5.76. The van der Waals surface area contributed by atoms with Crippen LogP contribution in [0.3, 0.4) is 0 Å². The van der Waals surface area contributed by atoms with E-state index < -0.39 is 0 Å². The lowest BCUT2D eigenvalue weighted by Crippen LogP contribution is -2.45. The highest BCUT2D eigenvalue weighted by Crippen LogP contribution is 2.20.